The summed E-state index contributed by atoms with van der Waals surface area (Å²) in [6, 6.07) is 32.8. The number of benzene rings is 4. The minimum atomic E-state index is -0.731. The molecular weight excluding hydrogens is 647 g/mol. The van der Waals surface area contributed by atoms with Gasteiger partial charge in [0, 0.05) is 30.5 Å². The summed E-state index contributed by atoms with van der Waals surface area (Å²) in [5.41, 5.74) is 9.00. The molecule has 5 aromatic rings. The van der Waals surface area contributed by atoms with E-state index in [0.29, 0.717) is 34.4 Å². The maximum atomic E-state index is 14.8. The summed E-state index contributed by atoms with van der Waals surface area (Å²) in [6.07, 6.45) is 5.44. The molecule has 0 aliphatic carbocycles. The molecule has 4 aromatic carbocycles. The lowest BCUT2D eigenvalue weighted by Crippen LogP contribution is -2.51. The van der Waals surface area contributed by atoms with Crippen molar-refractivity contribution < 1.29 is 4.79 Å². The van der Waals surface area contributed by atoms with Crippen molar-refractivity contribution in [3.8, 4) is 17.2 Å². The molecule has 7 nitrogen and oxygen atoms in total. The molecule has 1 atom stereocenters. The molecule has 0 saturated carbocycles. The van der Waals surface area contributed by atoms with Gasteiger partial charge in [0.15, 0.2) is 5.11 Å². The number of nitriles is 1. The number of anilines is 1. The van der Waals surface area contributed by atoms with E-state index in [0.717, 1.165) is 40.8 Å². The number of para-hydroxylation sites is 1. The summed E-state index contributed by atoms with van der Waals surface area (Å²) in [6.45, 7) is 3.08. The van der Waals surface area contributed by atoms with Crippen LogP contribution in [0.15, 0.2) is 110 Å². The number of hydrogen-bond donors (Lipinski definition) is 2. The van der Waals surface area contributed by atoms with Crippen molar-refractivity contribution in [1.29, 1.82) is 5.26 Å². The highest BCUT2D eigenvalue weighted by Gasteiger charge is 2.32. The maximum Gasteiger partial charge on any atom is 0.252 e. The van der Waals surface area contributed by atoms with Gasteiger partial charge in [-0.3, -0.25) is 4.79 Å². The number of thiocarbonyl (C=S) groups is 1. The highest BCUT2D eigenvalue weighted by atomic mass is 35.5. The molecule has 0 aliphatic heterocycles. The second-order valence-electron chi connectivity index (χ2n) is 11.0. The Balaban J connectivity index is 1.51. The van der Waals surface area contributed by atoms with Crippen LogP contribution in [0, 0.1) is 11.3 Å². The van der Waals surface area contributed by atoms with Crippen LogP contribution in [0.4, 0.5) is 5.69 Å². The molecule has 0 fully saturated rings. The van der Waals surface area contributed by atoms with Gasteiger partial charge in [-0.15, -0.1) is 0 Å². The zero-order chi connectivity index (χ0) is 33.2. The van der Waals surface area contributed by atoms with Crippen molar-refractivity contribution >= 4 is 52.1 Å². The summed E-state index contributed by atoms with van der Waals surface area (Å²) in [7, 11) is 0. The monoisotopic (exact) mass is 680 g/mol. The minimum Gasteiger partial charge on any atom is -0.331 e. The third-order valence-electron chi connectivity index (χ3n) is 7.77. The van der Waals surface area contributed by atoms with Crippen molar-refractivity contribution in [3.63, 3.8) is 0 Å². The third-order valence-corrected chi connectivity index (χ3v) is 8.91. The number of carbonyl (C=O) groups excluding carboxylic acids is 1. The van der Waals surface area contributed by atoms with Gasteiger partial charge in [-0.05, 0) is 66.0 Å². The van der Waals surface area contributed by atoms with Crippen LogP contribution in [0.25, 0.3) is 11.1 Å². The summed E-state index contributed by atoms with van der Waals surface area (Å²) >= 11 is 19.0. The standard InChI is InChI=1S/C37H34Cl2N6OS/c1-2-3-20-42-45(37(47)43-33-15-8-7-13-30(33)28-10-5-4-6-11-28)36(46)31(21-29-12-9-14-32(38)35(29)39)34-23-41-25-44(34)24-27-18-16-26(22-40)17-19-27/h4-19,23,25,31,42H,2-3,20-21,24H2,1H3,(H,43,47). The first kappa shape index (κ1) is 33.8. The van der Waals surface area contributed by atoms with Crippen LogP contribution in [0.2, 0.25) is 10.0 Å². The molecule has 47 heavy (non-hydrogen) atoms. The fourth-order valence-corrected chi connectivity index (χ4v) is 5.95. The van der Waals surface area contributed by atoms with Crippen LogP contribution in [-0.2, 0) is 17.8 Å². The number of nitrogens with zero attached hydrogens (tertiary/aromatic N) is 4. The lowest BCUT2D eigenvalue weighted by Gasteiger charge is -2.29. The van der Waals surface area contributed by atoms with Crippen LogP contribution in [0.3, 0.4) is 0 Å². The van der Waals surface area contributed by atoms with Gasteiger partial charge in [0.1, 0.15) is 0 Å². The number of nitrogens with one attached hydrogen (secondary N) is 2. The fourth-order valence-electron chi connectivity index (χ4n) is 5.28. The number of unbranched alkanes of at least 4 members (excludes halogenated alkanes) is 1. The van der Waals surface area contributed by atoms with Gasteiger partial charge in [0.05, 0.1) is 39.6 Å². The molecule has 1 heterocycles. The first-order valence-corrected chi connectivity index (χ1v) is 16.5. The molecule has 1 unspecified atom stereocenters. The molecule has 238 valence electrons. The Bertz CT molecular complexity index is 1870. The number of amides is 1. The fraction of sp³-hybridized carbons (Fsp3) is 0.189. The summed E-state index contributed by atoms with van der Waals surface area (Å²) in [5, 5.41) is 15.0. The van der Waals surface area contributed by atoms with Crippen LogP contribution in [0.5, 0.6) is 0 Å². The van der Waals surface area contributed by atoms with Gasteiger partial charge in [-0.25, -0.2) is 15.4 Å². The average molecular weight is 682 g/mol. The molecule has 5 rings (SSSR count). The van der Waals surface area contributed by atoms with Crippen molar-refractivity contribution in [2.24, 2.45) is 0 Å². The van der Waals surface area contributed by atoms with E-state index in [9.17, 15) is 10.1 Å². The molecule has 0 saturated heterocycles. The van der Waals surface area contributed by atoms with E-state index in [-0.39, 0.29) is 17.4 Å². The van der Waals surface area contributed by atoms with Gasteiger partial charge in [0.2, 0.25) is 0 Å². The van der Waals surface area contributed by atoms with E-state index in [1.807, 2.05) is 83.4 Å². The van der Waals surface area contributed by atoms with E-state index in [1.54, 1.807) is 30.7 Å². The van der Waals surface area contributed by atoms with Gasteiger partial charge in [-0.1, -0.05) is 109 Å². The lowest BCUT2D eigenvalue weighted by atomic mass is 9.95. The smallest absolute Gasteiger partial charge is 0.252 e. The van der Waals surface area contributed by atoms with E-state index in [4.69, 9.17) is 35.4 Å². The van der Waals surface area contributed by atoms with E-state index in [2.05, 4.69) is 28.7 Å². The number of imidazole rings is 1. The molecule has 2 N–H and O–H groups in total. The van der Waals surface area contributed by atoms with Crippen molar-refractivity contribution in [3.05, 3.63) is 142 Å². The van der Waals surface area contributed by atoms with E-state index >= 15 is 0 Å². The second kappa shape index (κ2) is 16.3. The number of aromatic nitrogens is 2. The zero-order valence-corrected chi connectivity index (χ0v) is 28.2. The predicted molar refractivity (Wildman–Crippen MR) is 193 cm³/mol. The Morgan fingerprint density at radius 2 is 1.74 bits per heavy atom. The second-order valence-corrected chi connectivity index (χ2v) is 12.2. The molecule has 0 radical (unpaired) electrons. The Labute approximate surface area is 290 Å². The third kappa shape index (κ3) is 8.45. The van der Waals surface area contributed by atoms with Crippen molar-refractivity contribution in [1.82, 2.24) is 20.0 Å². The largest absolute Gasteiger partial charge is 0.331 e. The highest BCUT2D eigenvalue weighted by molar-refractivity contribution is 7.80. The summed E-state index contributed by atoms with van der Waals surface area (Å²) in [5.74, 6) is -1.00. The Morgan fingerprint density at radius 1 is 1.00 bits per heavy atom. The number of hydrazine groups is 1. The predicted octanol–water partition coefficient (Wildman–Crippen LogP) is 8.63. The number of rotatable bonds is 12. The van der Waals surface area contributed by atoms with Crippen LogP contribution >= 0.6 is 35.4 Å². The summed E-state index contributed by atoms with van der Waals surface area (Å²) < 4.78 is 1.94. The molecule has 0 bridgehead atoms. The zero-order valence-electron chi connectivity index (χ0n) is 25.9. The van der Waals surface area contributed by atoms with Gasteiger partial charge in [0.25, 0.3) is 5.91 Å². The van der Waals surface area contributed by atoms with Crippen molar-refractivity contribution in [2.45, 2.75) is 38.6 Å². The molecule has 0 aliphatic rings. The van der Waals surface area contributed by atoms with Gasteiger partial charge < -0.3 is 9.88 Å². The van der Waals surface area contributed by atoms with Gasteiger partial charge in [-0.2, -0.15) is 5.26 Å². The van der Waals surface area contributed by atoms with Crippen molar-refractivity contribution in [2.75, 3.05) is 11.9 Å². The Morgan fingerprint density at radius 3 is 2.49 bits per heavy atom. The highest BCUT2D eigenvalue weighted by Crippen LogP contribution is 2.32. The molecule has 10 heteroatoms. The Kier molecular flexibility index (Phi) is 11.8. The first-order chi connectivity index (χ1) is 22.9. The molecule has 1 amide bonds. The van der Waals surface area contributed by atoms with Crippen LogP contribution in [0.1, 0.15) is 48.1 Å². The van der Waals surface area contributed by atoms with Crippen LogP contribution < -0.4 is 10.7 Å². The SMILES string of the molecule is CCCCNN(C(=O)C(Cc1cccc(Cl)c1Cl)c1cncn1Cc1ccc(C#N)cc1)C(=S)Nc1ccccc1-c1ccccc1. The maximum absolute atomic E-state index is 14.8. The van der Waals surface area contributed by atoms with E-state index < -0.39 is 5.92 Å². The van der Waals surface area contributed by atoms with Crippen LogP contribution in [-0.4, -0.2) is 32.1 Å². The minimum absolute atomic E-state index is 0.217. The number of carbonyl (C=O) groups is 1. The average Bonchev–Trinajstić information content (AvgIpc) is 3.55. The summed E-state index contributed by atoms with van der Waals surface area (Å²) in [4.78, 5) is 19.2. The topological polar surface area (TPSA) is 86.0 Å². The normalized spacial score (nSPS) is 11.4. The molecule has 1 aromatic heterocycles. The van der Waals surface area contributed by atoms with E-state index in [1.165, 1.54) is 5.01 Å². The molecule has 0 spiro atoms. The Hall–Kier alpha value is -4.52. The lowest BCUT2D eigenvalue weighted by molar-refractivity contribution is -0.131. The molecular formula is C37H34Cl2N6OS. The van der Waals surface area contributed by atoms with Gasteiger partial charge >= 0.3 is 0 Å². The first-order valence-electron chi connectivity index (χ1n) is 15.3. The number of halogens is 2. The quantitative estimate of drug-likeness (QED) is 0.0779. The number of hydrogen-bond acceptors (Lipinski definition) is 5.